The van der Waals surface area contributed by atoms with E-state index in [1.165, 1.54) is 12.0 Å². The van der Waals surface area contributed by atoms with Crippen molar-refractivity contribution in [2.75, 3.05) is 27.3 Å². The van der Waals surface area contributed by atoms with E-state index in [1.807, 2.05) is 32.0 Å². The van der Waals surface area contributed by atoms with Crippen molar-refractivity contribution >= 4 is 11.9 Å². The van der Waals surface area contributed by atoms with Crippen LogP contribution in [0.15, 0.2) is 18.2 Å². The molecule has 116 valence electrons. The van der Waals surface area contributed by atoms with Crippen molar-refractivity contribution in [3.63, 3.8) is 0 Å². The standard InChI is InChI=1S/C16H23NO4/c1-11-7-6-8-14(13(11)3)21-10-15(18)17(4)9-12(2)16(19)20-5/h6-8,12H,9-10H2,1-5H3. The lowest BCUT2D eigenvalue weighted by Crippen LogP contribution is -2.37. The topological polar surface area (TPSA) is 55.8 Å². The summed E-state index contributed by atoms with van der Waals surface area (Å²) in [5.74, 6) is -0.154. The number of carbonyl (C=O) groups excluding carboxylic acids is 2. The average molecular weight is 293 g/mol. The van der Waals surface area contributed by atoms with Gasteiger partial charge in [-0.1, -0.05) is 19.1 Å². The van der Waals surface area contributed by atoms with Crippen molar-refractivity contribution in [3.8, 4) is 5.75 Å². The van der Waals surface area contributed by atoms with Gasteiger partial charge in [-0.3, -0.25) is 9.59 Å². The summed E-state index contributed by atoms with van der Waals surface area (Å²) in [6.07, 6.45) is 0. The SMILES string of the molecule is COC(=O)C(C)CN(C)C(=O)COc1cccc(C)c1C. The second-order valence-corrected chi connectivity index (χ2v) is 5.19. The monoisotopic (exact) mass is 293 g/mol. The number of methoxy groups -OCH3 is 1. The molecule has 1 amide bonds. The van der Waals surface area contributed by atoms with Crippen molar-refractivity contribution < 1.29 is 19.1 Å². The number of likely N-dealkylation sites (N-methyl/N-ethyl adjacent to an activating group) is 1. The van der Waals surface area contributed by atoms with Gasteiger partial charge in [-0.15, -0.1) is 0 Å². The molecule has 0 heterocycles. The van der Waals surface area contributed by atoms with Crippen molar-refractivity contribution in [2.45, 2.75) is 20.8 Å². The second kappa shape index (κ2) is 7.67. The molecule has 0 aliphatic carbocycles. The van der Waals surface area contributed by atoms with Crippen LogP contribution in [0.2, 0.25) is 0 Å². The summed E-state index contributed by atoms with van der Waals surface area (Å²) in [5, 5.41) is 0. The highest BCUT2D eigenvalue weighted by atomic mass is 16.5. The Bertz CT molecular complexity index is 513. The number of benzene rings is 1. The summed E-state index contributed by atoms with van der Waals surface area (Å²) in [4.78, 5) is 24.8. The van der Waals surface area contributed by atoms with E-state index in [0.29, 0.717) is 12.3 Å². The number of esters is 1. The number of hydrogen-bond acceptors (Lipinski definition) is 4. The predicted octanol–water partition coefficient (Wildman–Crippen LogP) is 1.95. The third-order valence-corrected chi connectivity index (χ3v) is 3.48. The maximum atomic E-state index is 12.0. The van der Waals surface area contributed by atoms with Crippen LogP contribution in [-0.4, -0.2) is 44.1 Å². The number of hydrogen-bond donors (Lipinski definition) is 0. The van der Waals surface area contributed by atoms with E-state index in [4.69, 9.17) is 4.74 Å². The molecule has 1 aromatic rings. The van der Waals surface area contributed by atoms with E-state index in [0.717, 1.165) is 11.1 Å². The van der Waals surface area contributed by atoms with Gasteiger partial charge in [-0.2, -0.15) is 0 Å². The van der Waals surface area contributed by atoms with E-state index < -0.39 is 0 Å². The van der Waals surface area contributed by atoms with Gasteiger partial charge < -0.3 is 14.4 Å². The molecular weight excluding hydrogens is 270 g/mol. The first-order valence-electron chi connectivity index (χ1n) is 6.87. The van der Waals surface area contributed by atoms with Crippen LogP contribution in [0.5, 0.6) is 5.75 Å². The first-order valence-corrected chi connectivity index (χ1v) is 6.87. The maximum absolute atomic E-state index is 12.0. The van der Waals surface area contributed by atoms with Gasteiger partial charge in [-0.25, -0.2) is 0 Å². The van der Waals surface area contributed by atoms with Crippen molar-refractivity contribution in [3.05, 3.63) is 29.3 Å². The van der Waals surface area contributed by atoms with Crippen molar-refractivity contribution in [1.29, 1.82) is 0 Å². The Labute approximate surface area is 125 Å². The Hall–Kier alpha value is -2.04. The molecule has 0 saturated heterocycles. The van der Waals surface area contributed by atoms with E-state index in [-0.39, 0.29) is 24.4 Å². The van der Waals surface area contributed by atoms with Crippen LogP contribution in [0, 0.1) is 19.8 Å². The molecule has 0 bridgehead atoms. The molecule has 1 aromatic carbocycles. The smallest absolute Gasteiger partial charge is 0.310 e. The molecule has 0 saturated carbocycles. The Morgan fingerprint density at radius 3 is 2.57 bits per heavy atom. The Balaban J connectivity index is 2.53. The molecule has 0 N–H and O–H groups in total. The molecule has 21 heavy (non-hydrogen) atoms. The van der Waals surface area contributed by atoms with Gasteiger partial charge in [0, 0.05) is 13.6 Å². The fraction of sp³-hybridized carbons (Fsp3) is 0.500. The normalized spacial score (nSPS) is 11.7. The number of ether oxygens (including phenoxy) is 2. The van der Waals surface area contributed by atoms with Gasteiger partial charge in [0.25, 0.3) is 5.91 Å². The molecule has 0 aliphatic rings. The van der Waals surface area contributed by atoms with Crippen LogP contribution < -0.4 is 4.74 Å². The third-order valence-electron chi connectivity index (χ3n) is 3.48. The zero-order chi connectivity index (χ0) is 16.0. The van der Waals surface area contributed by atoms with Crippen LogP contribution in [0.3, 0.4) is 0 Å². The molecule has 0 fully saturated rings. The van der Waals surface area contributed by atoms with Crippen LogP contribution in [0.1, 0.15) is 18.1 Å². The number of aryl methyl sites for hydroxylation is 1. The summed E-state index contributed by atoms with van der Waals surface area (Å²) in [5.41, 5.74) is 2.14. The zero-order valence-electron chi connectivity index (χ0n) is 13.3. The van der Waals surface area contributed by atoms with Crippen LogP contribution in [0.25, 0.3) is 0 Å². The lowest BCUT2D eigenvalue weighted by atomic mass is 10.1. The van der Waals surface area contributed by atoms with Gasteiger partial charge in [0.15, 0.2) is 6.61 Å². The van der Waals surface area contributed by atoms with Crippen LogP contribution in [-0.2, 0) is 14.3 Å². The lowest BCUT2D eigenvalue weighted by Gasteiger charge is -2.20. The number of nitrogens with zero attached hydrogens (tertiary/aromatic N) is 1. The summed E-state index contributed by atoms with van der Waals surface area (Å²) in [7, 11) is 2.98. The van der Waals surface area contributed by atoms with Gasteiger partial charge in [-0.05, 0) is 31.0 Å². The molecule has 5 heteroatoms. The van der Waals surface area contributed by atoms with Crippen molar-refractivity contribution in [1.82, 2.24) is 4.90 Å². The van der Waals surface area contributed by atoms with Gasteiger partial charge in [0.05, 0.1) is 13.0 Å². The number of rotatable bonds is 6. The fourth-order valence-corrected chi connectivity index (χ4v) is 1.92. The molecule has 0 spiro atoms. The van der Waals surface area contributed by atoms with Crippen molar-refractivity contribution in [2.24, 2.45) is 5.92 Å². The highest BCUT2D eigenvalue weighted by Crippen LogP contribution is 2.20. The van der Waals surface area contributed by atoms with E-state index >= 15 is 0 Å². The minimum Gasteiger partial charge on any atom is -0.483 e. The average Bonchev–Trinajstić information content (AvgIpc) is 2.47. The van der Waals surface area contributed by atoms with E-state index in [9.17, 15) is 9.59 Å². The number of carbonyl (C=O) groups is 2. The summed E-state index contributed by atoms with van der Waals surface area (Å²) < 4.78 is 10.2. The minimum absolute atomic E-state index is 0.0469. The molecule has 5 nitrogen and oxygen atoms in total. The van der Waals surface area contributed by atoms with Crippen LogP contribution in [0.4, 0.5) is 0 Å². The zero-order valence-corrected chi connectivity index (χ0v) is 13.3. The summed E-state index contributed by atoms with van der Waals surface area (Å²) in [6.45, 7) is 5.93. The largest absolute Gasteiger partial charge is 0.483 e. The Morgan fingerprint density at radius 1 is 1.29 bits per heavy atom. The van der Waals surface area contributed by atoms with Gasteiger partial charge in [0.2, 0.25) is 0 Å². The molecule has 1 atom stereocenters. The summed E-state index contributed by atoms with van der Waals surface area (Å²) >= 11 is 0. The van der Waals surface area contributed by atoms with E-state index in [1.54, 1.807) is 14.0 Å². The quantitative estimate of drug-likeness (QED) is 0.752. The highest BCUT2D eigenvalue weighted by Gasteiger charge is 2.19. The molecule has 0 aromatic heterocycles. The molecular formula is C16H23NO4. The second-order valence-electron chi connectivity index (χ2n) is 5.19. The molecule has 0 aliphatic heterocycles. The summed E-state index contributed by atoms with van der Waals surface area (Å²) in [6, 6.07) is 5.73. The highest BCUT2D eigenvalue weighted by molar-refractivity contribution is 5.79. The first kappa shape index (κ1) is 17.0. The third kappa shape index (κ3) is 4.77. The maximum Gasteiger partial charge on any atom is 0.310 e. The van der Waals surface area contributed by atoms with Crippen LogP contribution >= 0.6 is 0 Å². The fourth-order valence-electron chi connectivity index (χ4n) is 1.92. The van der Waals surface area contributed by atoms with Gasteiger partial charge >= 0.3 is 5.97 Å². The molecule has 1 unspecified atom stereocenters. The molecule has 0 radical (unpaired) electrons. The van der Waals surface area contributed by atoms with Gasteiger partial charge in [0.1, 0.15) is 5.75 Å². The minimum atomic E-state index is -0.357. The molecule has 1 rings (SSSR count). The Morgan fingerprint density at radius 2 is 1.95 bits per heavy atom. The van der Waals surface area contributed by atoms with E-state index in [2.05, 4.69) is 4.74 Å². The predicted molar refractivity (Wildman–Crippen MR) is 80.2 cm³/mol. The first-order chi connectivity index (χ1) is 9.86. The Kier molecular flexibility index (Phi) is 6.21. The lowest BCUT2D eigenvalue weighted by molar-refractivity contribution is -0.146. The number of amides is 1.